The number of carbonyl (C=O) groups excluding carboxylic acids is 1. The Bertz CT molecular complexity index is 760. The van der Waals surface area contributed by atoms with E-state index in [-0.39, 0.29) is 24.5 Å². The number of halogens is 2. The molecule has 0 saturated carbocycles. The molecule has 0 atom stereocenters. The number of methoxy groups -OCH3 is 1. The van der Waals surface area contributed by atoms with E-state index in [2.05, 4.69) is 4.74 Å². The third-order valence-corrected chi connectivity index (χ3v) is 3.29. The molecule has 0 amide bonds. The van der Waals surface area contributed by atoms with Crippen molar-refractivity contribution in [3.8, 4) is 17.2 Å². The average Bonchev–Trinajstić information content (AvgIpc) is 3.02. The first-order valence-electron chi connectivity index (χ1n) is 6.67. The highest BCUT2D eigenvalue weighted by atomic mass is 19.2. The molecule has 0 saturated heterocycles. The minimum atomic E-state index is -1.13. The molecule has 0 unspecified atom stereocenters. The fraction of sp³-hybridized carbons (Fsp3) is 0.188. The van der Waals surface area contributed by atoms with Gasteiger partial charge in [0.25, 0.3) is 0 Å². The highest BCUT2D eigenvalue weighted by Crippen LogP contribution is 2.35. The molecule has 2 aromatic rings. The summed E-state index contributed by atoms with van der Waals surface area (Å²) in [6.07, 6.45) is 0. The van der Waals surface area contributed by atoms with Crippen molar-refractivity contribution in [1.82, 2.24) is 0 Å². The molecule has 23 heavy (non-hydrogen) atoms. The summed E-state index contributed by atoms with van der Waals surface area (Å²) in [6.45, 7) is -0.00424. The second-order valence-corrected chi connectivity index (χ2v) is 4.72. The van der Waals surface area contributed by atoms with Gasteiger partial charge in [0.05, 0.1) is 12.7 Å². The number of hydrogen-bond acceptors (Lipinski definition) is 5. The van der Waals surface area contributed by atoms with Crippen LogP contribution >= 0.6 is 0 Å². The largest absolute Gasteiger partial charge is 0.489 e. The molecule has 0 fully saturated rings. The first-order valence-corrected chi connectivity index (χ1v) is 6.67. The van der Waals surface area contributed by atoms with E-state index in [0.717, 1.165) is 19.2 Å². The van der Waals surface area contributed by atoms with Crippen molar-refractivity contribution >= 4 is 5.97 Å². The van der Waals surface area contributed by atoms with Crippen molar-refractivity contribution in [1.29, 1.82) is 0 Å². The molecule has 0 bridgehead atoms. The first-order chi connectivity index (χ1) is 11.1. The van der Waals surface area contributed by atoms with Crippen molar-refractivity contribution in [3.63, 3.8) is 0 Å². The van der Waals surface area contributed by atoms with Crippen LogP contribution in [0.4, 0.5) is 8.78 Å². The van der Waals surface area contributed by atoms with Crippen LogP contribution in [0.2, 0.25) is 0 Å². The van der Waals surface area contributed by atoms with Crippen molar-refractivity contribution < 1.29 is 32.5 Å². The number of rotatable bonds is 4. The zero-order chi connectivity index (χ0) is 16.4. The lowest BCUT2D eigenvalue weighted by molar-refractivity contribution is 0.0597. The molecule has 7 heteroatoms. The Labute approximate surface area is 130 Å². The van der Waals surface area contributed by atoms with E-state index in [1.54, 1.807) is 18.2 Å². The average molecular weight is 322 g/mol. The molecule has 5 nitrogen and oxygen atoms in total. The van der Waals surface area contributed by atoms with Crippen molar-refractivity contribution in [3.05, 3.63) is 53.1 Å². The molecule has 0 N–H and O–H groups in total. The predicted molar refractivity (Wildman–Crippen MR) is 74.6 cm³/mol. The molecule has 120 valence electrons. The Morgan fingerprint density at radius 1 is 1.13 bits per heavy atom. The second-order valence-electron chi connectivity index (χ2n) is 4.72. The first kappa shape index (κ1) is 15.1. The number of carbonyl (C=O) groups is 1. The number of ether oxygens (including phenoxy) is 4. The van der Waals surface area contributed by atoms with Gasteiger partial charge in [0.2, 0.25) is 6.79 Å². The number of esters is 1. The SMILES string of the molecule is COC(=O)c1cc(F)c(F)cc1COc1ccc2c(c1)OCO2. The van der Waals surface area contributed by atoms with Crippen molar-refractivity contribution in [2.75, 3.05) is 13.9 Å². The van der Waals surface area contributed by atoms with E-state index >= 15 is 0 Å². The Hall–Kier alpha value is -2.83. The third-order valence-electron chi connectivity index (χ3n) is 3.29. The topological polar surface area (TPSA) is 54.0 Å². The second kappa shape index (κ2) is 6.12. The summed E-state index contributed by atoms with van der Waals surface area (Å²) in [7, 11) is 1.16. The van der Waals surface area contributed by atoms with E-state index in [0.29, 0.717) is 17.2 Å². The highest BCUT2D eigenvalue weighted by Gasteiger charge is 2.18. The van der Waals surface area contributed by atoms with Gasteiger partial charge in [-0.15, -0.1) is 0 Å². The van der Waals surface area contributed by atoms with Gasteiger partial charge >= 0.3 is 5.97 Å². The van der Waals surface area contributed by atoms with Gasteiger partial charge in [0.15, 0.2) is 23.1 Å². The lowest BCUT2D eigenvalue weighted by Gasteiger charge is -2.11. The highest BCUT2D eigenvalue weighted by molar-refractivity contribution is 5.91. The summed E-state index contributed by atoms with van der Waals surface area (Å²) in [6, 6.07) is 6.63. The summed E-state index contributed by atoms with van der Waals surface area (Å²) in [5, 5.41) is 0. The van der Waals surface area contributed by atoms with Gasteiger partial charge in [-0.2, -0.15) is 0 Å². The lowest BCUT2D eigenvalue weighted by Crippen LogP contribution is -2.10. The normalized spacial score (nSPS) is 12.1. The van der Waals surface area contributed by atoms with Crippen LogP contribution in [-0.4, -0.2) is 19.9 Å². The van der Waals surface area contributed by atoms with Crippen LogP contribution < -0.4 is 14.2 Å². The van der Waals surface area contributed by atoms with Gasteiger partial charge in [-0.25, -0.2) is 13.6 Å². The molecule has 0 aliphatic carbocycles. The van der Waals surface area contributed by atoms with Crippen LogP contribution in [0.15, 0.2) is 30.3 Å². The van der Waals surface area contributed by atoms with Crippen molar-refractivity contribution in [2.45, 2.75) is 6.61 Å². The van der Waals surface area contributed by atoms with Crippen LogP contribution in [-0.2, 0) is 11.3 Å². The molecule has 0 radical (unpaired) electrons. The summed E-state index contributed by atoms with van der Waals surface area (Å²) in [5.74, 6) is -1.40. The molecule has 0 aromatic heterocycles. The quantitative estimate of drug-likeness (QED) is 0.810. The Morgan fingerprint density at radius 2 is 1.87 bits per heavy atom. The Balaban J connectivity index is 1.82. The Kier molecular flexibility index (Phi) is 4.01. The predicted octanol–water partition coefficient (Wildman–Crippen LogP) is 3.06. The maximum absolute atomic E-state index is 13.4. The summed E-state index contributed by atoms with van der Waals surface area (Å²) < 4.78 is 47.2. The molecule has 0 spiro atoms. The van der Waals surface area contributed by atoms with Crippen LogP contribution in [0.25, 0.3) is 0 Å². The van der Waals surface area contributed by atoms with Crippen LogP contribution in [0.5, 0.6) is 17.2 Å². The van der Waals surface area contributed by atoms with E-state index in [9.17, 15) is 13.6 Å². The van der Waals surface area contributed by atoms with Gasteiger partial charge in [-0.05, 0) is 24.3 Å². The summed E-state index contributed by atoms with van der Waals surface area (Å²) in [4.78, 5) is 11.7. The zero-order valence-corrected chi connectivity index (χ0v) is 12.1. The van der Waals surface area contributed by atoms with Gasteiger partial charge in [-0.3, -0.25) is 0 Å². The van der Waals surface area contributed by atoms with E-state index < -0.39 is 17.6 Å². The van der Waals surface area contributed by atoms with Crippen LogP contribution in [0.1, 0.15) is 15.9 Å². The number of benzene rings is 2. The minimum Gasteiger partial charge on any atom is -0.489 e. The molecule has 3 rings (SSSR count). The van der Waals surface area contributed by atoms with Gasteiger partial charge in [0, 0.05) is 11.6 Å². The maximum Gasteiger partial charge on any atom is 0.338 e. The summed E-state index contributed by atoms with van der Waals surface area (Å²) in [5.41, 5.74) is 0.0839. The molecule has 2 aromatic carbocycles. The molecule has 1 aliphatic rings. The summed E-state index contributed by atoms with van der Waals surface area (Å²) >= 11 is 0. The zero-order valence-electron chi connectivity index (χ0n) is 12.1. The smallest absolute Gasteiger partial charge is 0.338 e. The van der Waals surface area contributed by atoms with Crippen molar-refractivity contribution in [2.24, 2.45) is 0 Å². The third kappa shape index (κ3) is 3.03. The van der Waals surface area contributed by atoms with Gasteiger partial charge in [0.1, 0.15) is 12.4 Å². The number of hydrogen-bond donors (Lipinski definition) is 0. The fourth-order valence-corrected chi connectivity index (χ4v) is 2.14. The van der Waals surface area contributed by atoms with Crippen LogP contribution in [0.3, 0.4) is 0 Å². The molecular weight excluding hydrogens is 310 g/mol. The van der Waals surface area contributed by atoms with Gasteiger partial charge < -0.3 is 18.9 Å². The lowest BCUT2D eigenvalue weighted by atomic mass is 10.1. The minimum absolute atomic E-state index is 0.0906. The molecule has 1 aliphatic heterocycles. The maximum atomic E-state index is 13.4. The van der Waals surface area contributed by atoms with Crippen LogP contribution in [0, 0.1) is 11.6 Å². The molecule has 1 heterocycles. The van der Waals surface area contributed by atoms with E-state index in [1.807, 2.05) is 0 Å². The molecular formula is C16H12F2O5. The fourth-order valence-electron chi connectivity index (χ4n) is 2.14. The monoisotopic (exact) mass is 322 g/mol. The number of fused-ring (bicyclic) bond motifs is 1. The van der Waals surface area contributed by atoms with Gasteiger partial charge in [-0.1, -0.05) is 0 Å². The standard InChI is InChI=1S/C16H12F2O5/c1-20-16(19)11-6-13(18)12(17)4-9(11)7-21-10-2-3-14-15(5-10)23-8-22-14/h2-6H,7-8H2,1H3. The van der Waals surface area contributed by atoms with E-state index in [4.69, 9.17) is 14.2 Å². The van der Waals surface area contributed by atoms with E-state index in [1.165, 1.54) is 0 Å². The Morgan fingerprint density at radius 3 is 2.65 bits per heavy atom.